The van der Waals surface area contributed by atoms with Gasteiger partial charge in [-0.05, 0) is 31.7 Å². The third kappa shape index (κ3) is 3.54. The molecule has 0 saturated heterocycles. The van der Waals surface area contributed by atoms with Crippen molar-refractivity contribution >= 4 is 0 Å². The van der Waals surface area contributed by atoms with E-state index < -0.39 is 0 Å². The minimum Gasteiger partial charge on any atom is -0.368 e. The van der Waals surface area contributed by atoms with Crippen LogP contribution in [0.3, 0.4) is 0 Å². The Hall–Kier alpha value is -0.930. The maximum atomic E-state index is 13.9. The van der Waals surface area contributed by atoms with Gasteiger partial charge in [0.25, 0.3) is 0 Å². The van der Waals surface area contributed by atoms with Gasteiger partial charge in [-0.1, -0.05) is 38.0 Å². The van der Waals surface area contributed by atoms with Gasteiger partial charge in [-0.2, -0.15) is 0 Å². The zero-order valence-electron chi connectivity index (χ0n) is 11.8. The van der Waals surface area contributed by atoms with Crippen molar-refractivity contribution in [2.75, 3.05) is 0 Å². The topological polar surface area (TPSA) is 35.2 Å². The molecular formula is C16H24FNO. The minimum atomic E-state index is -0.355. The molecule has 106 valence electrons. The number of rotatable bonds is 4. The molecule has 0 spiro atoms. The highest BCUT2D eigenvalue weighted by Crippen LogP contribution is 2.32. The lowest BCUT2D eigenvalue weighted by Gasteiger charge is -2.34. The summed E-state index contributed by atoms with van der Waals surface area (Å²) in [4.78, 5) is 0. The van der Waals surface area contributed by atoms with E-state index in [-0.39, 0.29) is 24.1 Å². The summed E-state index contributed by atoms with van der Waals surface area (Å²) in [5.41, 5.74) is 6.59. The monoisotopic (exact) mass is 265 g/mol. The zero-order chi connectivity index (χ0) is 13.8. The molecule has 1 aliphatic carbocycles. The number of ether oxygens (including phenoxy) is 1. The average Bonchev–Trinajstić information content (AvgIpc) is 2.38. The summed E-state index contributed by atoms with van der Waals surface area (Å²) < 4.78 is 20.1. The molecule has 2 N–H and O–H groups in total. The van der Waals surface area contributed by atoms with Crippen molar-refractivity contribution in [1.82, 2.24) is 0 Å². The molecule has 2 rings (SSSR count). The Bertz CT molecular complexity index is 407. The first-order chi connectivity index (χ1) is 9.09. The van der Waals surface area contributed by atoms with Gasteiger partial charge < -0.3 is 10.5 Å². The molecule has 0 aromatic heterocycles. The standard InChI is InChI=1S/C16H24FNO/c1-11-7-3-6-10-15(11)19-16(12(2)18)13-8-4-5-9-14(13)17/h4-5,8-9,11-12,15-16H,3,6-7,10,18H2,1-2H3. The second-order valence-corrected chi connectivity index (χ2v) is 5.74. The molecule has 1 aromatic carbocycles. The van der Waals surface area contributed by atoms with Gasteiger partial charge in [0, 0.05) is 11.6 Å². The molecule has 1 saturated carbocycles. The van der Waals surface area contributed by atoms with E-state index in [1.54, 1.807) is 12.1 Å². The van der Waals surface area contributed by atoms with Crippen LogP contribution in [0, 0.1) is 11.7 Å². The highest BCUT2D eigenvalue weighted by atomic mass is 19.1. The van der Waals surface area contributed by atoms with Gasteiger partial charge in [-0.15, -0.1) is 0 Å². The second-order valence-electron chi connectivity index (χ2n) is 5.74. The molecule has 4 unspecified atom stereocenters. The fourth-order valence-corrected chi connectivity index (χ4v) is 2.86. The van der Waals surface area contributed by atoms with Gasteiger partial charge in [0.05, 0.1) is 6.10 Å². The summed E-state index contributed by atoms with van der Waals surface area (Å²) >= 11 is 0. The smallest absolute Gasteiger partial charge is 0.129 e. The predicted molar refractivity (Wildman–Crippen MR) is 75.3 cm³/mol. The Balaban J connectivity index is 2.14. The molecule has 1 fully saturated rings. The molecule has 3 heteroatoms. The fourth-order valence-electron chi connectivity index (χ4n) is 2.86. The van der Waals surface area contributed by atoms with Crippen LogP contribution in [0.1, 0.15) is 51.2 Å². The van der Waals surface area contributed by atoms with E-state index in [0.29, 0.717) is 11.5 Å². The van der Waals surface area contributed by atoms with Crippen molar-refractivity contribution in [3.63, 3.8) is 0 Å². The fraction of sp³-hybridized carbons (Fsp3) is 0.625. The Labute approximate surface area is 115 Å². The van der Waals surface area contributed by atoms with Crippen LogP contribution in [0.5, 0.6) is 0 Å². The SMILES string of the molecule is CC(N)C(OC1CCCCC1C)c1ccccc1F. The highest BCUT2D eigenvalue weighted by Gasteiger charge is 2.28. The van der Waals surface area contributed by atoms with Gasteiger partial charge in [0.2, 0.25) is 0 Å². The van der Waals surface area contributed by atoms with E-state index in [0.717, 1.165) is 6.42 Å². The van der Waals surface area contributed by atoms with Gasteiger partial charge in [0.1, 0.15) is 11.9 Å². The van der Waals surface area contributed by atoms with Gasteiger partial charge in [0.15, 0.2) is 0 Å². The summed E-state index contributed by atoms with van der Waals surface area (Å²) in [6, 6.07) is 6.56. The molecule has 0 bridgehead atoms. The average molecular weight is 265 g/mol. The Morgan fingerprint density at radius 3 is 2.58 bits per heavy atom. The summed E-state index contributed by atoms with van der Waals surface area (Å²) in [7, 11) is 0. The number of nitrogens with two attached hydrogens (primary N) is 1. The summed E-state index contributed by atoms with van der Waals surface area (Å²) in [6.07, 6.45) is 4.55. The Morgan fingerprint density at radius 1 is 1.26 bits per heavy atom. The van der Waals surface area contributed by atoms with E-state index in [4.69, 9.17) is 10.5 Å². The summed E-state index contributed by atoms with van der Waals surface area (Å²) in [5.74, 6) is 0.301. The summed E-state index contributed by atoms with van der Waals surface area (Å²) in [6.45, 7) is 4.09. The van der Waals surface area contributed by atoms with Crippen LogP contribution < -0.4 is 5.73 Å². The van der Waals surface area contributed by atoms with Crippen molar-refractivity contribution in [2.24, 2.45) is 11.7 Å². The summed E-state index contributed by atoms with van der Waals surface area (Å²) in [5, 5.41) is 0. The van der Waals surface area contributed by atoms with Crippen LogP contribution >= 0.6 is 0 Å². The first-order valence-corrected chi connectivity index (χ1v) is 7.25. The molecule has 4 atom stereocenters. The second kappa shape index (κ2) is 6.49. The lowest BCUT2D eigenvalue weighted by Crippen LogP contribution is -2.34. The van der Waals surface area contributed by atoms with Gasteiger partial charge >= 0.3 is 0 Å². The van der Waals surface area contributed by atoms with E-state index >= 15 is 0 Å². The molecule has 2 nitrogen and oxygen atoms in total. The molecule has 1 aliphatic rings. The number of hydrogen-bond acceptors (Lipinski definition) is 2. The normalized spacial score (nSPS) is 26.9. The van der Waals surface area contributed by atoms with E-state index in [9.17, 15) is 4.39 Å². The van der Waals surface area contributed by atoms with E-state index in [1.165, 1.54) is 25.3 Å². The van der Waals surface area contributed by atoms with Crippen LogP contribution in [0.25, 0.3) is 0 Å². The lowest BCUT2D eigenvalue weighted by atomic mass is 9.87. The first-order valence-electron chi connectivity index (χ1n) is 7.25. The van der Waals surface area contributed by atoms with Crippen LogP contribution in [-0.4, -0.2) is 12.1 Å². The van der Waals surface area contributed by atoms with E-state index in [2.05, 4.69) is 6.92 Å². The number of hydrogen-bond donors (Lipinski definition) is 1. The molecular weight excluding hydrogens is 241 g/mol. The molecule has 1 aromatic rings. The molecule has 0 heterocycles. The molecule has 0 amide bonds. The highest BCUT2D eigenvalue weighted by molar-refractivity contribution is 5.21. The van der Waals surface area contributed by atoms with Crippen LogP contribution in [-0.2, 0) is 4.74 Å². The van der Waals surface area contributed by atoms with Gasteiger partial charge in [-0.25, -0.2) is 4.39 Å². The van der Waals surface area contributed by atoms with Crippen LogP contribution in [0.15, 0.2) is 24.3 Å². The lowest BCUT2D eigenvalue weighted by molar-refractivity contribution is -0.0664. The molecule has 19 heavy (non-hydrogen) atoms. The third-order valence-electron chi connectivity index (χ3n) is 4.04. The maximum absolute atomic E-state index is 13.9. The Morgan fingerprint density at radius 2 is 1.95 bits per heavy atom. The maximum Gasteiger partial charge on any atom is 0.129 e. The largest absolute Gasteiger partial charge is 0.368 e. The van der Waals surface area contributed by atoms with Crippen molar-refractivity contribution in [3.05, 3.63) is 35.6 Å². The van der Waals surface area contributed by atoms with Crippen molar-refractivity contribution in [3.8, 4) is 0 Å². The van der Waals surface area contributed by atoms with Gasteiger partial charge in [-0.3, -0.25) is 0 Å². The van der Waals surface area contributed by atoms with Crippen molar-refractivity contribution < 1.29 is 9.13 Å². The number of halogens is 1. The number of benzene rings is 1. The Kier molecular flexibility index (Phi) is 4.94. The quantitative estimate of drug-likeness (QED) is 0.898. The molecule has 0 aliphatic heterocycles. The zero-order valence-corrected chi connectivity index (χ0v) is 11.8. The van der Waals surface area contributed by atoms with E-state index in [1.807, 2.05) is 13.0 Å². The van der Waals surface area contributed by atoms with Crippen molar-refractivity contribution in [1.29, 1.82) is 0 Å². The third-order valence-corrected chi connectivity index (χ3v) is 4.04. The minimum absolute atomic E-state index is 0.198. The first kappa shape index (κ1) is 14.5. The van der Waals surface area contributed by atoms with Crippen LogP contribution in [0.4, 0.5) is 4.39 Å². The predicted octanol–water partition coefficient (Wildman–Crippen LogP) is 3.81. The van der Waals surface area contributed by atoms with Crippen molar-refractivity contribution in [2.45, 2.75) is 57.8 Å². The molecule has 0 radical (unpaired) electrons. The van der Waals surface area contributed by atoms with Crippen LogP contribution in [0.2, 0.25) is 0 Å².